The van der Waals surface area contributed by atoms with Crippen molar-refractivity contribution in [3.63, 3.8) is 0 Å². The molecule has 1 heterocycles. The number of carboxylic acids is 1. The Morgan fingerprint density at radius 2 is 1.86 bits per heavy atom. The van der Waals surface area contributed by atoms with Gasteiger partial charge in [0, 0.05) is 5.39 Å². The van der Waals surface area contributed by atoms with Crippen LogP contribution in [0.15, 0.2) is 65.3 Å². The number of phenols is 1. The summed E-state index contributed by atoms with van der Waals surface area (Å²) in [5.74, 6) is -0.702. The summed E-state index contributed by atoms with van der Waals surface area (Å²) in [6.45, 7) is 0. The molecule has 5 nitrogen and oxygen atoms in total. The number of aliphatic hydroxyl groups excluding tert-OH is 1. The van der Waals surface area contributed by atoms with Crippen molar-refractivity contribution in [2.75, 3.05) is 0 Å². The predicted molar refractivity (Wildman–Crippen MR) is 107 cm³/mol. The second kappa shape index (κ2) is 7.37. The van der Waals surface area contributed by atoms with E-state index in [9.17, 15) is 15.0 Å². The number of fused-ring (bicyclic) bond motifs is 5. The molecule has 1 aliphatic carbocycles. The molecule has 3 N–H and O–H groups in total. The zero-order valence-electron chi connectivity index (χ0n) is 15.1. The lowest BCUT2D eigenvalue weighted by Crippen LogP contribution is -2.18. The number of aromatic carboxylic acids is 1. The maximum Gasteiger partial charge on any atom is 0.371 e. The Kier molecular flexibility index (Phi) is 4.75. The zero-order valence-corrected chi connectivity index (χ0v) is 15.1. The lowest BCUT2D eigenvalue weighted by Gasteiger charge is -2.23. The van der Waals surface area contributed by atoms with Crippen LogP contribution in [0.25, 0.3) is 21.5 Å². The van der Waals surface area contributed by atoms with Gasteiger partial charge in [-0.25, -0.2) is 4.79 Å². The molecule has 5 heteroatoms. The maximum atomic E-state index is 10.4. The predicted octanol–water partition coefficient (Wildman–Crippen LogP) is 4.53. The summed E-state index contributed by atoms with van der Waals surface area (Å²) in [6, 6.07) is 17.1. The average molecular weight is 376 g/mol. The Morgan fingerprint density at radius 1 is 1.04 bits per heavy atom. The Morgan fingerprint density at radius 3 is 2.57 bits per heavy atom. The van der Waals surface area contributed by atoms with Crippen LogP contribution in [0.2, 0.25) is 0 Å². The molecule has 0 aliphatic heterocycles. The van der Waals surface area contributed by atoms with Gasteiger partial charge in [0.1, 0.15) is 5.75 Å². The van der Waals surface area contributed by atoms with Crippen molar-refractivity contribution in [2.45, 2.75) is 25.4 Å². The Labute approximate surface area is 161 Å². The van der Waals surface area contributed by atoms with Crippen LogP contribution in [-0.2, 0) is 12.8 Å². The molecule has 1 unspecified atom stereocenters. The van der Waals surface area contributed by atoms with Crippen LogP contribution >= 0.6 is 0 Å². The van der Waals surface area contributed by atoms with E-state index in [-0.39, 0.29) is 11.9 Å². The highest BCUT2D eigenvalue weighted by molar-refractivity contribution is 6.11. The third-order valence-corrected chi connectivity index (χ3v) is 5.12. The number of hydrogen-bond donors (Lipinski definition) is 3. The normalized spacial score (nSPS) is 15.7. The van der Waals surface area contributed by atoms with Crippen LogP contribution in [0.3, 0.4) is 0 Å². The number of aromatic hydroxyl groups is 1. The van der Waals surface area contributed by atoms with Crippen LogP contribution in [-0.4, -0.2) is 27.4 Å². The molecule has 1 aromatic heterocycles. The van der Waals surface area contributed by atoms with Crippen LogP contribution in [0.5, 0.6) is 5.75 Å². The first-order valence-corrected chi connectivity index (χ1v) is 9.14. The first-order valence-electron chi connectivity index (χ1n) is 9.14. The van der Waals surface area contributed by atoms with Crippen LogP contribution in [0.4, 0.5) is 0 Å². The molecule has 0 radical (unpaired) electrons. The molecule has 1 atom stereocenters. The van der Waals surface area contributed by atoms with Gasteiger partial charge in [0.05, 0.1) is 12.4 Å². The van der Waals surface area contributed by atoms with Crippen LogP contribution < -0.4 is 0 Å². The number of aliphatic hydroxyl groups is 1. The van der Waals surface area contributed by atoms with Crippen molar-refractivity contribution in [3.8, 4) is 5.75 Å². The largest absolute Gasteiger partial charge is 0.507 e. The molecule has 4 aromatic rings. The number of furan rings is 1. The van der Waals surface area contributed by atoms with Crippen molar-refractivity contribution in [1.82, 2.24) is 0 Å². The van der Waals surface area contributed by atoms with Gasteiger partial charge in [-0.15, -0.1) is 0 Å². The number of aryl methyl sites for hydroxylation is 1. The molecule has 0 spiro atoms. The Hall–Kier alpha value is -3.31. The van der Waals surface area contributed by atoms with E-state index in [4.69, 9.17) is 5.11 Å². The van der Waals surface area contributed by atoms with Crippen LogP contribution in [0, 0.1) is 0 Å². The van der Waals surface area contributed by atoms with Crippen molar-refractivity contribution >= 4 is 27.5 Å². The van der Waals surface area contributed by atoms with E-state index in [2.05, 4.69) is 22.6 Å². The first kappa shape index (κ1) is 18.1. The van der Waals surface area contributed by atoms with E-state index in [1.807, 2.05) is 24.3 Å². The van der Waals surface area contributed by atoms with Gasteiger partial charge in [-0.2, -0.15) is 0 Å². The minimum absolute atomic E-state index is 0.0231. The summed E-state index contributed by atoms with van der Waals surface area (Å²) >= 11 is 0. The lowest BCUT2D eigenvalue weighted by atomic mass is 9.85. The molecule has 3 aromatic carbocycles. The highest BCUT2D eigenvalue weighted by atomic mass is 16.4. The number of hydrogen-bond acceptors (Lipinski definition) is 4. The smallest absolute Gasteiger partial charge is 0.371 e. The molecular weight excluding hydrogens is 356 g/mol. The zero-order chi connectivity index (χ0) is 19.7. The molecule has 0 saturated carbocycles. The molecule has 0 bridgehead atoms. The highest BCUT2D eigenvalue weighted by Gasteiger charge is 2.20. The van der Waals surface area contributed by atoms with E-state index in [0.29, 0.717) is 12.2 Å². The lowest BCUT2D eigenvalue weighted by molar-refractivity contribution is 0.0662. The second-order valence-electron chi connectivity index (χ2n) is 6.92. The summed E-state index contributed by atoms with van der Waals surface area (Å²) in [7, 11) is 0. The minimum atomic E-state index is -1.03. The van der Waals surface area contributed by atoms with Gasteiger partial charge in [-0.3, -0.25) is 0 Å². The van der Waals surface area contributed by atoms with E-state index < -0.39 is 5.97 Å². The van der Waals surface area contributed by atoms with Crippen molar-refractivity contribution in [2.24, 2.45) is 0 Å². The molecule has 0 fully saturated rings. The fraction of sp³-hybridized carbons (Fsp3) is 0.174. The minimum Gasteiger partial charge on any atom is -0.507 e. The standard InChI is InChI=1S/C18H16O2.C5H4O3/c19-13-6-8-15-12(9-13)5-7-16-14-4-2-1-3-11(14)10-17(20)18(15)16;6-5(7)4-2-1-3-8-4/h1-5,7,10,13,19-20H,6,8-9H2;1-3H,(H,6,7). The van der Waals surface area contributed by atoms with Crippen molar-refractivity contribution < 1.29 is 24.5 Å². The molecule has 5 rings (SSSR count). The number of rotatable bonds is 1. The topological polar surface area (TPSA) is 90.9 Å². The van der Waals surface area contributed by atoms with Gasteiger partial charge in [-0.05, 0) is 64.7 Å². The Balaban J connectivity index is 0.000000203. The van der Waals surface area contributed by atoms with Crippen molar-refractivity contribution in [3.05, 3.63) is 77.7 Å². The number of carboxylic acid groups (broad SMARTS) is 1. The fourth-order valence-electron chi connectivity index (χ4n) is 3.84. The van der Waals surface area contributed by atoms with E-state index >= 15 is 0 Å². The van der Waals surface area contributed by atoms with Gasteiger partial charge in [0.15, 0.2) is 0 Å². The van der Waals surface area contributed by atoms with E-state index in [1.54, 1.807) is 0 Å². The summed E-state index contributed by atoms with van der Waals surface area (Å²) in [5.41, 5.74) is 2.37. The van der Waals surface area contributed by atoms with Gasteiger partial charge >= 0.3 is 5.97 Å². The summed E-state index contributed by atoms with van der Waals surface area (Å²) < 4.78 is 4.50. The molecule has 0 amide bonds. The summed E-state index contributed by atoms with van der Waals surface area (Å²) in [5, 5.41) is 32.7. The average Bonchev–Trinajstić information content (AvgIpc) is 3.23. The quantitative estimate of drug-likeness (QED) is 0.425. The number of benzene rings is 3. The molecular formula is C23H20O5. The van der Waals surface area contributed by atoms with Gasteiger partial charge in [-0.1, -0.05) is 36.4 Å². The summed E-state index contributed by atoms with van der Waals surface area (Å²) in [4.78, 5) is 9.97. The van der Waals surface area contributed by atoms with Crippen molar-refractivity contribution in [1.29, 1.82) is 0 Å². The third-order valence-electron chi connectivity index (χ3n) is 5.12. The third kappa shape index (κ3) is 3.32. The second-order valence-corrected chi connectivity index (χ2v) is 6.92. The Bertz CT molecular complexity index is 1140. The molecule has 28 heavy (non-hydrogen) atoms. The van der Waals surface area contributed by atoms with Gasteiger partial charge in [0.2, 0.25) is 5.76 Å². The molecule has 142 valence electrons. The first-order chi connectivity index (χ1) is 13.5. The van der Waals surface area contributed by atoms with E-state index in [0.717, 1.165) is 29.0 Å². The number of carbonyl (C=O) groups is 1. The fourth-order valence-corrected chi connectivity index (χ4v) is 3.84. The maximum absolute atomic E-state index is 10.4. The highest BCUT2D eigenvalue weighted by Crippen LogP contribution is 2.38. The molecule has 0 saturated heterocycles. The molecule has 1 aliphatic rings. The number of phenolic OH excluding ortho intramolecular Hbond substituents is 1. The van der Waals surface area contributed by atoms with Gasteiger partial charge < -0.3 is 19.7 Å². The summed E-state index contributed by atoms with van der Waals surface area (Å²) in [6.07, 6.45) is 3.38. The van der Waals surface area contributed by atoms with E-state index in [1.165, 1.54) is 34.9 Å². The van der Waals surface area contributed by atoms with Crippen LogP contribution in [0.1, 0.15) is 28.1 Å². The monoisotopic (exact) mass is 376 g/mol. The van der Waals surface area contributed by atoms with Gasteiger partial charge in [0.25, 0.3) is 0 Å². The SMILES string of the molecule is O=C(O)c1ccco1.Oc1cc2ccccc2c2ccc3c(c12)CCC(O)C3.